The Labute approximate surface area is 487 Å². The van der Waals surface area contributed by atoms with Crippen molar-refractivity contribution in [2.45, 2.75) is 251 Å². The summed E-state index contributed by atoms with van der Waals surface area (Å²) >= 11 is 0. The number of nitrogens with zero attached hydrogens (tertiary/aromatic N) is 1. The Hall–Kier alpha value is -3.62. The number of phosphoric ester groups is 1. The van der Waals surface area contributed by atoms with Crippen LogP contribution < -0.4 is 10.2 Å². The SMILES string of the molecule is CC/C=C\C/C=C\C/C=C\C/C=C\C/C=C\C/C=C\C/C=C\C/C=C\C/C=C\C/C=C\CCCCCCCCCCC(=O)NC(COP(=O)([O-])OCC[N+](C)(C)C)C(O)/C=C/CC/C=C/CCCCCCCCCCCCCC. The van der Waals surface area contributed by atoms with Gasteiger partial charge in [0.2, 0.25) is 5.91 Å². The van der Waals surface area contributed by atoms with Crippen LogP contribution in [0.1, 0.15) is 239 Å². The van der Waals surface area contributed by atoms with Crippen LogP contribution in [0.25, 0.3) is 0 Å². The maximum absolute atomic E-state index is 13.0. The van der Waals surface area contributed by atoms with Gasteiger partial charge in [-0.1, -0.05) is 269 Å². The van der Waals surface area contributed by atoms with Gasteiger partial charge in [-0.2, -0.15) is 0 Å². The van der Waals surface area contributed by atoms with Crippen molar-refractivity contribution in [3.63, 3.8) is 0 Å². The van der Waals surface area contributed by atoms with Gasteiger partial charge in [-0.15, -0.1) is 0 Å². The summed E-state index contributed by atoms with van der Waals surface area (Å²) in [6.45, 7) is 4.50. The first-order valence-electron chi connectivity index (χ1n) is 31.7. The summed E-state index contributed by atoms with van der Waals surface area (Å²) in [5.41, 5.74) is 0. The molecular weight excluding hydrogens is 996 g/mol. The number of hydrogen-bond donors (Lipinski definition) is 2. The van der Waals surface area contributed by atoms with Crippen molar-refractivity contribution in [1.82, 2.24) is 5.32 Å². The van der Waals surface area contributed by atoms with Crippen LogP contribution in [0.2, 0.25) is 0 Å². The Kier molecular flexibility index (Phi) is 56.3. The maximum atomic E-state index is 13.0. The van der Waals surface area contributed by atoms with E-state index in [2.05, 4.69) is 153 Å². The lowest BCUT2D eigenvalue weighted by Gasteiger charge is -2.29. The van der Waals surface area contributed by atoms with E-state index in [4.69, 9.17) is 9.05 Å². The summed E-state index contributed by atoms with van der Waals surface area (Å²) in [5.74, 6) is -0.221. The molecule has 0 aliphatic heterocycles. The average Bonchev–Trinajstić information content (AvgIpc) is 3.42. The highest BCUT2D eigenvalue weighted by atomic mass is 31.2. The Balaban J connectivity index is 4.19. The Morgan fingerprint density at radius 1 is 0.456 bits per heavy atom. The van der Waals surface area contributed by atoms with E-state index in [9.17, 15) is 19.4 Å². The molecule has 3 unspecified atom stereocenters. The van der Waals surface area contributed by atoms with E-state index in [0.29, 0.717) is 17.4 Å². The molecule has 8 nitrogen and oxygen atoms in total. The fourth-order valence-corrected chi connectivity index (χ4v) is 9.10. The smallest absolute Gasteiger partial charge is 0.268 e. The van der Waals surface area contributed by atoms with E-state index in [0.717, 1.165) is 116 Å². The largest absolute Gasteiger partial charge is 0.756 e. The van der Waals surface area contributed by atoms with E-state index in [1.54, 1.807) is 6.08 Å². The molecule has 0 saturated heterocycles. The lowest BCUT2D eigenvalue weighted by atomic mass is 10.0. The second-order valence-corrected chi connectivity index (χ2v) is 23.4. The maximum Gasteiger partial charge on any atom is 0.268 e. The third-order valence-electron chi connectivity index (χ3n) is 13.3. The zero-order valence-electron chi connectivity index (χ0n) is 51.3. The molecule has 0 radical (unpaired) electrons. The topological polar surface area (TPSA) is 108 Å². The third-order valence-corrected chi connectivity index (χ3v) is 14.2. The first kappa shape index (κ1) is 75.4. The van der Waals surface area contributed by atoms with Crippen molar-refractivity contribution in [3.8, 4) is 0 Å². The van der Waals surface area contributed by atoms with Crippen LogP contribution in [0.15, 0.2) is 146 Å². The van der Waals surface area contributed by atoms with Crippen LogP contribution in [-0.4, -0.2) is 68.5 Å². The molecule has 0 saturated carbocycles. The molecule has 0 aliphatic carbocycles. The summed E-state index contributed by atoms with van der Waals surface area (Å²) < 4.78 is 23.3. The number of likely N-dealkylation sites (N-methyl/N-ethyl adjacent to an activating group) is 1. The molecule has 0 aromatic heterocycles. The van der Waals surface area contributed by atoms with Gasteiger partial charge < -0.3 is 28.8 Å². The molecule has 1 amide bonds. The number of rotatable bonds is 56. The molecule has 450 valence electrons. The highest BCUT2D eigenvalue weighted by molar-refractivity contribution is 7.45. The molecule has 0 fully saturated rings. The molecule has 0 rings (SSSR count). The van der Waals surface area contributed by atoms with Gasteiger partial charge in [0.05, 0.1) is 39.9 Å². The van der Waals surface area contributed by atoms with Crippen molar-refractivity contribution in [2.75, 3.05) is 40.9 Å². The number of quaternary nitrogens is 1. The lowest BCUT2D eigenvalue weighted by molar-refractivity contribution is -0.870. The zero-order valence-corrected chi connectivity index (χ0v) is 52.2. The number of nitrogens with one attached hydrogen (secondary N) is 1. The van der Waals surface area contributed by atoms with Crippen LogP contribution in [0.4, 0.5) is 0 Å². The summed E-state index contributed by atoms with van der Waals surface area (Å²) in [7, 11) is 1.22. The summed E-state index contributed by atoms with van der Waals surface area (Å²) in [6, 6.07) is -0.919. The molecule has 79 heavy (non-hydrogen) atoms. The van der Waals surface area contributed by atoms with Gasteiger partial charge in [-0.3, -0.25) is 9.36 Å². The van der Waals surface area contributed by atoms with Gasteiger partial charge >= 0.3 is 0 Å². The first-order chi connectivity index (χ1) is 38.5. The van der Waals surface area contributed by atoms with Crippen molar-refractivity contribution in [3.05, 3.63) is 146 Å². The molecule has 0 aromatic carbocycles. The number of hydrogen-bond acceptors (Lipinski definition) is 6. The number of aliphatic hydroxyl groups excluding tert-OH is 1. The number of carbonyl (C=O) groups is 1. The molecular formula is C70H119N2O6P. The van der Waals surface area contributed by atoms with Crippen LogP contribution in [0.5, 0.6) is 0 Å². The number of amides is 1. The van der Waals surface area contributed by atoms with E-state index in [1.807, 2.05) is 27.2 Å². The van der Waals surface area contributed by atoms with Crippen molar-refractivity contribution < 1.29 is 32.9 Å². The fourth-order valence-electron chi connectivity index (χ4n) is 8.37. The Morgan fingerprint density at radius 3 is 1.18 bits per heavy atom. The van der Waals surface area contributed by atoms with Gasteiger partial charge in [0.15, 0.2) is 0 Å². The fraction of sp³-hybridized carbons (Fsp3) is 0.643. The zero-order chi connectivity index (χ0) is 57.7. The molecule has 0 bridgehead atoms. The molecule has 0 aromatic rings. The van der Waals surface area contributed by atoms with Crippen molar-refractivity contribution in [2.24, 2.45) is 0 Å². The normalized spacial score (nSPS) is 14.8. The third kappa shape index (κ3) is 61.8. The van der Waals surface area contributed by atoms with Gasteiger partial charge in [-0.05, 0) is 109 Å². The summed E-state index contributed by atoms with van der Waals surface area (Å²) in [6.07, 6.45) is 90.8. The van der Waals surface area contributed by atoms with E-state index in [-0.39, 0.29) is 12.5 Å². The average molecular weight is 1120 g/mol. The van der Waals surface area contributed by atoms with E-state index in [1.165, 1.54) is 103 Å². The van der Waals surface area contributed by atoms with E-state index >= 15 is 0 Å². The molecule has 3 atom stereocenters. The molecule has 0 heterocycles. The Morgan fingerprint density at radius 2 is 0.785 bits per heavy atom. The van der Waals surface area contributed by atoms with Crippen LogP contribution in [-0.2, 0) is 18.4 Å². The highest BCUT2D eigenvalue weighted by Crippen LogP contribution is 2.38. The number of allylic oxidation sites excluding steroid dienone is 23. The minimum Gasteiger partial charge on any atom is -0.756 e. The first-order valence-corrected chi connectivity index (χ1v) is 33.2. The van der Waals surface area contributed by atoms with Crippen molar-refractivity contribution >= 4 is 13.7 Å². The Bertz CT molecular complexity index is 1790. The number of carbonyl (C=O) groups excluding carboxylic acids is 1. The van der Waals surface area contributed by atoms with Crippen LogP contribution in [0.3, 0.4) is 0 Å². The lowest BCUT2D eigenvalue weighted by Crippen LogP contribution is -2.45. The predicted molar refractivity (Wildman–Crippen MR) is 343 cm³/mol. The second-order valence-electron chi connectivity index (χ2n) is 22.0. The van der Waals surface area contributed by atoms with E-state index < -0.39 is 26.6 Å². The highest BCUT2D eigenvalue weighted by Gasteiger charge is 2.23. The van der Waals surface area contributed by atoms with Gasteiger partial charge in [0, 0.05) is 6.42 Å². The minimum absolute atomic E-state index is 0.0151. The minimum atomic E-state index is -4.62. The number of aliphatic hydroxyl groups is 1. The quantitative estimate of drug-likeness (QED) is 0.0272. The summed E-state index contributed by atoms with van der Waals surface area (Å²) in [5, 5.41) is 13.9. The molecule has 0 aliphatic rings. The van der Waals surface area contributed by atoms with Crippen LogP contribution in [0, 0.1) is 0 Å². The predicted octanol–water partition coefficient (Wildman–Crippen LogP) is 19.4. The van der Waals surface area contributed by atoms with Crippen LogP contribution >= 0.6 is 7.82 Å². The molecule has 0 spiro atoms. The standard InChI is InChI=1S/C70H119N2O6P/c1-6-8-10-12-14-16-18-20-22-24-26-27-28-29-30-31-32-33-34-35-36-37-38-39-40-41-42-43-44-45-46-48-50-52-54-56-58-60-62-64-70(74)71-68(67-78-79(75,76)77-66-65-72(3,4)5)69(73)63-61-59-57-55-53-51-49-47-25-23-21-19-17-15-13-11-9-7-2/h8,10,14,16,20,22,26-27,29-30,32-33,35-36,38-39,41-42,44-45,53,55,61,63,68-69,73H,6-7,9,11-13,15,17-19,21,23-25,28,31,34,37,40,43,46-52,54,56-60,62,64-67H2,1-5H3,(H-,71,74,75,76)/b10-8-,16-14-,22-20-,27-26-,30-29-,33-32-,36-35-,39-38-,42-41-,45-44-,55-53+,63-61+. The monoisotopic (exact) mass is 1110 g/mol. The van der Waals surface area contributed by atoms with Gasteiger partial charge in [0.25, 0.3) is 7.82 Å². The molecule has 2 N–H and O–H groups in total. The van der Waals surface area contributed by atoms with Gasteiger partial charge in [-0.25, -0.2) is 0 Å². The van der Waals surface area contributed by atoms with Gasteiger partial charge in [0.1, 0.15) is 13.2 Å². The number of phosphoric acid groups is 1. The second kappa shape index (κ2) is 59.0. The summed E-state index contributed by atoms with van der Waals surface area (Å²) in [4.78, 5) is 25.5. The number of unbranched alkanes of at least 4 members (excludes halogenated alkanes) is 21. The molecule has 9 heteroatoms. The van der Waals surface area contributed by atoms with Crippen molar-refractivity contribution in [1.29, 1.82) is 0 Å².